The molecule has 0 saturated carbocycles. The Balaban J connectivity index is 2.67. The minimum absolute atomic E-state index is 0.639. The van der Waals surface area contributed by atoms with Gasteiger partial charge in [0.1, 0.15) is 0 Å². The highest BCUT2D eigenvalue weighted by Gasteiger charge is 2.17. The Morgan fingerprint density at radius 1 is 1.18 bits per heavy atom. The number of nitrogens with two attached hydrogens (primary N) is 1. The van der Waals surface area contributed by atoms with Crippen molar-refractivity contribution in [1.82, 2.24) is 4.98 Å². The number of H-pyrrole nitrogens is 1. The van der Waals surface area contributed by atoms with Gasteiger partial charge in [0.05, 0.1) is 0 Å². The van der Waals surface area contributed by atoms with Crippen molar-refractivity contribution in [3.63, 3.8) is 0 Å². The summed E-state index contributed by atoms with van der Waals surface area (Å²) in [7, 11) is 0. The van der Waals surface area contributed by atoms with Crippen LogP contribution in [0.25, 0.3) is 10.9 Å². The maximum atomic E-state index is 5.91. The molecule has 0 aliphatic carbocycles. The van der Waals surface area contributed by atoms with Crippen LogP contribution in [-0.4, -0.2) is 4.98 Å². The summed E-state index contributed by atoms with van der Waals surface area (Å²) in [6.45, 7) is 6.73. The van der Waals surface area contributed by atoms with Gasteiger partial charge in [-0.2, -0.15) is 0 Å². The third-order valence-corrected chi connectivity index (χ3v) is 3.69. The number of rotatable bonds is 4. The van der Waals surface area contributed by atoms with Crippen LogP contribution in [0.3, 0.4) is 0 Å². The van der Waals surface area contributed by atoms with Crippen molar-refractivity contribution < 1.29 is 0 Å². The van der Waals surface area contributed by atoms with E-state index in [0.29, 0.717) is 5.92 Å². The molecule has 2 aromatic rings. The molecule has 1 aromatic heterocycles. The van der Waals surface area contributed by atoms with Crippen LogP contribution in [0.4, 0.5) is 5.69 Å². The number of hydrogen-bond donors (Lipinski definition) is 2. The Morgan fingerprint density at radius 2 is 1.88 bits per heavy atom. The van der Waals surface area contributed by atoms with Gasteiger partial charge in [-0.05, 0) is 48.9 Å². The van der Waals surface area contributed by atoms with E-state index in [1.165, 1.54) is 35.0 Å². The predicted octanol–water partition coefficient (Wildman–Crippen LogP) is 4.22. The molecule has 17 heavy (non-hydrogen) atoms. The summed E-state index contributed by atoms with van der Waals surface area (Å²) in [5.41, 5.74) is 10.8. The minimum Gasteiger partial charge on any atom is -0.399 e. The van der Waals surface area contributed by atoms with Gasteiger partial charge < -0.3 is 10.7 Å². The lowest BCUT2D eigenvalue weighted by molar-refractivity contribution is 0.639. The highest BCUT2D eigenvalue weighted by molar-refractivity contribution is 5.88. The molecular weight excluding hydrogens is 208 g/mol. The fourth-order valence-corrected chi connectivity index (χ4v) is 2.73. The van der Waals surface area contributed by atoms with E-state index >= 15 is 0 Å². The van der Waals surface area contributed by atoms with Gasteiger partial charge in [0.2, 0.25) is 0 Å². The molecule has 1 heterocycles. The first-order valence-electron chi connectivity index (χ1n) is 6.61. The van der Waals surface area contributed by atoms with Crippen molar-refractivity contribution in [2.45, 2.75) is 46.0 Å². The van der Waals surface area contributed by atoms with Crippen LogP contribution in [0.1, 0.15) is 50.8 Å². The number of aromatic nitrogens is 1. The zero-order valence-electron chi connectivity index (χ0n) is 11.0. The molecule has 0 spiro atoms. The van der Waals surface area contributed by atoms with Gasteiger partial charge in [0.15, 0.2) is 0 Å². The number of benzene rings is 1. The Morgan fingerprint density at radius 3 is 2.47 bits per heavy atom. The Labute approximate surface area is 103 Å². The summed E-state index contributed by atoms with van der Waals surface area (Å²) in [6.07, 6.45) is 3.43. The van der Waals surface area contributed by atoms with E-state index in [1.54, 1.807) is 0 Å². The summed E-state index contributed by atoms with van der Waals surface area (Å²) < 4.78 is 0. The van der Waals surface area contributed by atoms with Crippen LogP contribution < -0.4 is 5.73 Å². The second kappa shape index (κ2) is 4.82. The lowest BCUT2D eigenvalue weighted by atomic mass is 9.90. The number of nitrogens with one attached hydrogen (secondary N) is 1. The quantitative estimate of drug-likeness (QED) is 0.759. The van der Waals surface area contributed by atoms with E-state index in [2.05, 4.69) is 37.9 Å². The highest BCUT2D eigenvalue weighted by Crippen LogP contribution is 2.34. The first kappa shape index (κ1) is 12.0. The number of aryl methyl sites for hydroxylation is 1. The molecular formula is C15H22N2. The largest absolute Gasteiger partial charge is 0.399 e. The summed E-state index contributed by atoms with van der Waals surface area (Å²) in [6, 6.07) is 6.17. The van der Waals surface area contributed by atoms with E-state index < -0.39 is 0 Å². The van der Waals surface area contributed by atoms with Crippen LogP contribution in [0.15, 0.2) is 18.2 Å². The summed E-state index contributed by atoms with van der Waals surface area (Å²) in [4.78, 5) is 3.53. The van der Waals surface area contributed by atoms with Gasteiger partial charge in [0.25, 0.3) is 0 Å². The number of aromatic amines is 1. The summed E-state index contributed by atoms with van der Waals surface area (Å²) in [5.74, 6) is 0.639. The second-order valence-electron chi connectivity index (χ2n) is 4.69. The summed E-state index contributed by atoms with van der Waals surface area (Å²) >= 11 is 0. The maximum Gasteiger partial charge on any atom is 0.0460 e. The smallest absolute Gasteiger partial charge is 0.0460 e. The molecule has 0 radical (unpaired) electrons. The van der Waals surface area contributed by atoms with Gasteiger partial charge in [-0.25, -0.2) is 0 Å². The van der Waals surface area contributed by atoms with Gasteiger partial charge in [-0.1, -0.05) is 20.8 Å². The molecule has 0 aliphatic heterocycles. The molecule has 2 heteroatoms. The molecule has 0 atom stereocenters. The van der Waals surface area contributed by atoms with Crippen molar-refractivity contribution in [2.24, 2.45) is 0 Å². The topological polar surface area (TPSA) is 41.8 Å². The van der Waals surface area contributed by atoms with E-state index in [0.717, 1.165) is 12.1 Å². The standard InChI is InChI=1S/C15H22N2/c1-4-10(5-2)15-12-9-11(16)7-8-14(12)17-13(15)6-3/h7-10,17H,4-6,16H2,1-3H3. The fraction of sp³-hybridized carbons (Fsp3) is 0.467. The van der Waals surface area contributed by atoms with Crippen molar-refractivity contribution in [1.29, 1.82) is 0 Å². The monoisotopic (exact) mass is 230 g/mol. The Bertz CT molecular complexity index is 507. The molecule has 0 bridgehead atoms. The van der Waals surface area contributed by atoms with E-state index in [4.69, 9.17) is 5.73 Å². The third kappa shape index (κ3) is 2.04. The molecule has 92 valence electrons. The Kier molecular flexibility index (Phi) is 3.41. The molecule has 0 saturated heterocycles. The van der Waals surface area contributed by atoms with Crippen molar-refractivity contribution >= 4 is 16.6 Å². The number of fused-ring (bicyclic) bond motifs is 1. The zero-order valence-corrected chi connectivity index (χ0v) is 11.0. The number of nitrogen functional groups attached to an aromatic ring is 1. The first-order valence-corrected chi connectivity index (χ1v) is 6.61. The predicted molar refractivity (Wildman–Crippen MR) is 75.4 cm³/mol. The van der Waals surface area contributed by atoms with Gasteiger partial charge in [0, 0.05) is 22.3 Å². The van der Waals surface area contributed by atoms with Crippen LogP contribution >= 0.6 is 0 Å². The molecule has 0 unspecified atom stereocenters. The van der Waals surface area contributed by atoms with Crippen molar-refractivity contribution in [3.8, 4) is 0 Å². The molecule has 3 N–H and O–H groups in total. The normalized spacial score (nSPS) is 11.5. The van der Waals surface area contributed by atoms with Crippen LogP contribution in [0.5, 0.6) is 0 Å². The molecule has 0 fully saturated rings. The van der Waals surface area contributed by atoms with Gasteiger partial charge in [-0.15, -0.1) is 0 Å². The zero-order chi connectivity index (χ0) is 12.4. The Hall–Kier alpha value is -1.44. The molecule has 2 nitrogen and oxygen atoms in total. The molecule has 0 amide bonds. The van der Waals surface area contributed by atoms with Crippen LogP contribution in [0, 0.1) is 0 Å². The molecule has 2 rings (SSSR count). The second-order valence-corrected chi connectivity index (χ2v) is 4.69. The number of hydrogen-bond acceptors (Lipinski definition) is 1. The lowest BCUT2D eigenvalue weighted by Crippen LogP contribution is -1.98. The van der Waals surface area contributed by atoms with Crippen LogP contribution in [0.2, 0.25) is 0 Å². The van der Waals surface area contributed by atoms with Gasteiger partial charge >= 0.3 is 0 Å². The number of anilines is 1. The molecule has 1 aromatic carbocycles. The van der Waals surface area contributed by atoms with Gasteiger partial charge in [-0.3, -0.25) is 0 Å². The summed E-state index contributed by atoms with van der Waals surface area (Å²) in [5, 5.41) is 1.32. The first-order chi connectivity index (χ1) is 8.21. The van der Waals surface area contributed by atoms with Crippen molar-refractivity contribution in [3.05, 3.63) is 29.5 Å². The minimum atomic E-state index is 0.639. The molecule has 0 aliphatic rings. The SMILES string of the molecule is CCc1[nH]c2ccc(N)cc2c1C(CC)CC. The average Bonchev–Trinajstić information content (AvgIpc) is 2.69. The van der Waals surface area contributed by atoms with Crippen LogP contribution in [-0.2, 0) is 6.42 Å². The highest BCUT2D eigenvalue weighted by atomic mass is 14.7. The van der Waals surface area contributed by atoms with E-state index in [1.807, 2.05) is 6.07 Å². The van der Waals surface area contributed by atoms with E-state index in [-0.39, 0.29) is 0 Å². The lowest BCUT2D eigenvalue weighted by Gasteiger charge is -2.14. The van der Waals surface area contributed by atoms with Crippen molar-refractivity contribution in [2.75, 3.05) is 5.73 Å². The third-order valence-electron chi connectivity index (χ3n) is 3.69. The average molecular weight is 230 g/mol. The maximum absolute atomic E-state index is 5.91. The fourth-order valence-electron chi connectivity index (χ4n) is 2.73. The van der Waals surface area contributed by atoms with E-state index in [9.17, 15) is 0 Å².